The molecule has 0 aromatic heterocycles. The van der Waals surface area contributed by atoms with Crippen molar-refractivity contribution in [2.45, 2.75) is 12.8 Å². The summed E-state index contributed by atoms with van der Waals surface area (Å²) < 4.78 is 10.4. The number of hydrogen-bond acceptors (Lipinski definition) is 5. The first kappa shape index (κ1) is 18.8. The molecule has 0 spiro atoms. The van der Waals surface area contributed by atoms with Crippen LogP contribution in [-0.4, -0.2) is 26.0 Å². The summed E-state index contributed by atoms with van der Waals surface area (Å²) in [6, 6.07) is 13.8. The second kappa shape index (κ2) is 9.08. The lowest BCUT2D eigenvalue weighted by Gasteiger charge is -2.12. The number of carbonyl (C=O) groups is 2. The van der Waals surface area contributed by atoms with Crippen LogP contribution >= 0.6 is 0 Å². The highest BCUT2D eigenvalue weighted by Crippen LogP contribution is 2.28. The Morgan fingerprint density at radius 3 is 2.15 bits per heavy atom. The van der Waals surface area contributed by atoms with Crippen molar-refractivity contribution >= 4 is 23.2 Å². The molecule has 0 atom stereocenters. The molecule has 7 heteroatoms. The molecule has 0 aliphatic heterocycles. The minimum Gasteiger partial charge on any atom is -0.493 e. The molecule has 0 unspecified atom stereocenters. The van der Waals surface area contributed by atoms with E-state index in [-0.39, 0.29) is 18.7 Å². The highest BCUT2D eigenvalue weighted by molar-refractivity contribution is 6.00. The van der Waals surface area contributed by atoms with Crippen molar-refractivity contribution in [2.24, 2.45) is 0 Å². The third kappa shape index (κ3) is 4.98. The van der Waals surface area contributed by atoms with E-state index >= 15 is 0 Å². The second-order valence-corrected chi connectivity index (χ2v) is 5.34. The number of carbonyl (C=O) groups excluding carboxylic acids is 2. The average Bonchev–Trinajstić information content (AvgIpc) is 2.63. The number of methoxy groups -OCH3 is 2. The molecule has 2 amide bonds. The molecule has 2 aromatic carbocycles. The number of nitrogens with one attached hydrogen (secondary N) is 2. The first-order chi connectivity index (χ1) is 12.6. The van der Waals surface area contributed by atoms with Gasteiger partial charge in [0.2, 0.25) is 11.8 Å². The summed E-state index contributed by atoms with van der Waals surface area (Å²) >= 11 is 0. The molecule has 0 aliphatic carbocycles. The van der Waals surface area contributed by atoms with Crippen molar-refractivity contribution in [3.63, 3.8) is 0 Å². The molecule has 0 radical (unpaired) electrons. The average molecular weight is 353 g/mol. The largest absolute Gasteiger partial charge is 0.493 e. The summed E-state index contributed by atoms with van der Waals surface area (Å²) in [5, 5.41) is 13.9. The molecule has 26 heavy (non-hydrogen) atoms. The van der Waals surface area contributed by atoms with E-state index in [2.05, 4.69) is 10.6 Å². The van der Waals surface area contributed by atoms with Crippen molar-refractivity contribution in [3.05, 3.63) is 48.0 Å². The van der Waals surface area contributed by atoms with Crippen LogP contribution in [0.5, 0.6) is 11.5 Å². The summed E-state index contributed by atoms with van der Waals surface area (Å²) in [5.41, 5.74) is 1.66. The number of nitrogens with zero attached hydrogens (tertiary/aromatic N) is 1. The van der Waals surface area contributed by atoms with Crippen molar-refractivity contribution in [1.29, 1.82) is 5.26 Å². The van der Waals surface area contributed by atoms with Gasteiger partial charge < -0.3 is 20.1 Å². The summed E-state index contributed by atoms with van der Waals surface area (Å²) in [7, 11) is 3.07. The van der Waals surface area contributed by atoms with Crippen LogP contribution < -0.4 is 20.1 Å². The van der Waals surface area contributed by atoms with Crippen molar-refractivity contribution in [3.8, 4) is 17.6 Å². The van der Waals surface area contributed by atoms with Gasteiger partial charge in [0.25, 0.3) is 0 Å². The molecule has 0 saturated heterocycles. The van der Waals surface area contributed by atoms with Crippen LogP contribution in [0.2, 0.25) is 0 Å². The van der Waals surface area contributed by atoms with Gasteiger partial charge in [-0.2, -0.15) is 5.26 Å². The SMILES string of the molecule is COc1ccc(CC(=O)Nc2ccccc2NC(=O)CC#N)cc1OC. The van der Waals surface area contributed by atoms with Crippen molar-refractivity contribution in [1.82, 2.24) is 0 Å². The highest BCUT2D eigenvalue weighted by atomic mass is 16.5. The molecule has 2 rings (SSSR count). The molecule has 0 fully saturated rings. The maximum absolute atomic E-state index is 12.4. The number of anilines is 2. The van der Waals surface area contributed by atoms with E-state index in [4.69, 9.17) is 14.7 Å². The van der Waals surface area contributed by atoms with Crippen LogP contribution in [0.3, 0.4) is 0 Å². The van der Waals surface area contributed by atoms with Gasteiger partial charge in [0.05, 0.1) is 38.1 Å². The van der Waals surface area contributed by atoms with Gasteiger partial charge in [0, 0.05) is 0 Å². The van der Waals surface area contributed by atoms with Gasteiger partial charge in [0.1, 0.15) is 6.42 Å². The van der Waals surface area contributed by atoms with E-state index in [1.165, 1.54) is 7.11 Å². The highest BCUT2D eigenvalue weighted by Gasteiger charge is 2.11. The molecule has 0 heterocycles. The van der Waals surface area contributed by atoms with Gasteiger partial charge in [-0.3, -0.25) is 9.59 Å². The van der Waals surface area contributed by atoms with Gasteiger partial charge in [-0.1, -0.05) is 18.2 Å². The fourth-order valence-electron chi connectivity index (χ4n) is 2.34. The smallest absolute Gasteiger partial charge is 0.238 e. The summed E-state index contributed by atoms with van der Waals surface area (Å²) in [5.74, 6) is 0.442. The lowest BCUT2D eigenvalue weighted by atomic mass is 10.1. The summed E-state index contributed by atoms with van der Waals surface area (Å²) in [6.45, 7) is 0. The molecule has 7 nitrogen and oxygen atoms in total. The number of rotatable bonds is 7. The third-order valence-electron chi connectivity index (χ3n) is 3.53. The quantitative estimate of drug-likeness (QED) is 0.797. The summed E-state index contributed by atoms with van der Waals surface area (Å²) in [6.07, 6.45) is -0.130. The van der Waals surface area contributed by atoms with Crippen LogP contribution in [0.4, 0.5) is 11.4 Å². The Labute approximate surface area is 151 Å². The van der Waals surface area contributed by atoms with Crippen molar-refractivity contribution < 1.29 is 19.1 Å². The monoisotopic (exact) mass is 353 g/mol. The van der Waals surface area contributed by atoms with Crippen LogP contribution in [0.15, 0.2) is 42.5 Å². The number of amides is 2. The Kier molecular flexibility index (Phi) is 6.57. The van der Waals surface area contributed by atoms with E-state index in [9.17, 15) is 9.59 Å². The Balaban J connectivity index is 2.09. The maximum Gasteiger partial charge on any atom is 0.238 e. The first-order valence-corrected chi connectivity index (χ1v) is 7.84. The zero-order valence-electron chi connectivity index (χ0n) is 14.5. The van der Waals surface area contributed by atoms with Crippen molar-refractivity contribution in [2.75, 3.05) is 24.9 Å². The van der Waals surface area contributed by atoms with E-state index in [1.807, 2.05) is 0 Å². The van der Waals surface area contributed by atoms with Crippen LogP contribution in [0.25, 0.3) is 0 Å². The van der Waals surface area contributed by atoms with Gasteiger partial charge in [-0.05, 0) is 29.8 Å². The van der Waals surface area contributed by atoms with Gasteiger partial charge >= 0.3 is 0 Å². The number of ether oxygens (including phenoxy) is 2. The zero-order chi connectivity index (χ0) is 18.9. The molecule has 0 saturated carbocycles. The van der Waals surface area contributed by atoms with E-state index in [0.29, 0.717) is 22.9 Å². The molecular weight excluding hydrogens is 334 g/mol. The molecule has 134 valence electrons. The fraction of sp³-hybridized carbons (Fsp3) is 0.211. The maximum atomic E-state index is 12.4. The van der Waals surface area contributed by atoms with Gasteiger partial charge in [-0.15, -0.1) is 0 Å². The zero-order valence-corrected chi connectivity index (χ0v) is 14.5. The molecule has 2 aromatic rings. The minimum atomic E-state index is -0.436. The first-order valence-electron chi connectivity index (χ1n) is 7.84. The molecular formula is C19H19N3O4. The number of nitriles is 1. The minimum absolute atomic E-state index is 0.126. The molecule has 0 bridgehead atoms. The standard InChI is InChI=1S/C19H19N3O4/c1-25-16-8-7-13(11-17(16)26-2)12-19(24)22-15-6-4-3-5-14(15)21-18(23)9-10-20/h3-8,11H,9,12H2,1-2H3,(H,21,23)(H,22,24). The Morgan fingerprint density at radius 1 is 0.962 bits per heavy atom. The number of benzene rings is 2. The lowest BCUT2D eigenvalue weighted by Crippen LogP contribution is -2.17. The Morgan fingerprint density at radius 2 is 1.58 bits per heavy atom. The number of hydrogen-bond donors (Lipinski definition) is 2. The van der Waals surface area contributed by atoms with Gasteiger partial charge in [-0.25, -0.2) is 0 Å². The van der Waals surface area contributed by atoms with Crippen LogP contribution in [0.1, 0.15) is 12.0 Å². The Bertz CT molecular complexity index is 843. The normalized spacial score (nSPS) is 9.73. The van der Waals surface area contributed by atoms with Gasteiger partial charge in [0.15, 0.2) is 11.5 Å². The predicted octanol–water partition coefficient (Wildman–Crippen LogP) is 2.74. The summed E-state index contributed by atoms with van der Waals surface area (Å²) in [4.78, 5) is 24.0. The lowest BCUT2D eigenvalue weighted by molar-refractivity contribution is -0.116. The Hall–Kier alpha value is -3.53. The topological polar surface area (TPSA) is 100 Å². The fourth-order valence-corrected chi connectivity index (χ4v) is 2.34. The number of para-hydroxylation sites is 2. The van der Waals surface area contributed by atoms with Crippen LogP contribution in [-0.2, 0) is 16.0 Å². The van der Waals surface area contributed by atoms with E-state index in [0.717, 1.165) is 5.56 Å². The second-order valence-electron chi connectivity index (χ2n) is 5.34. The third-order valence-corrected chi connectivity index (χ3v) is 3.53. The van der Waals surface area contributed by atoms with E-state index < -0.39 is 5.91 Å². The van der Waals surface area contributed by atoms with E-state index in [1.54, 1.807) is 55.6 Å². The van der Waals surface area contributed by atoms with Crippen LogP contribution in [0, 0.1) is 11.3 Å². The molecule has 0 aliphatic rings. The predicted molar refractivity (Wildman–Crippen MR) is 97.2 cm³/mol. The molecule has 2 N–H and O–H groups in total.